The Labute approximate surface area is 334 Å². The summed E-state index contributed by atoms with van der Waals surface area (Å²) in [7, 11) is -2.48. The van der Waals surface area contributed by atoms with Gasteiger partial charge in [-0.15, -0.1) is 0 Å². The lowest BCUT2D eigenvalue weighted by atomic mass is 10.1. The van der Waals surface area contributed by atoms with Crippen LogP contribution in [0.3, 0.4) is 0 Å². The Morgan fingerprint density at radius 1 is 0.643 bits per heavy atom. The monoisotopic (exact) mass is 781 g/mol. The fourth-order valence-electron chi connectivity index (χ4n) is 5.33. The maximum absolute atomic E-state index is 13.9. The quantitative estimate of drug-likeness (QED) is 0.0570. The molecule has 0 aliphatic heterocycles. The van der Waals surface area contributed by atoms with E-state index in [1.165, 1.54) is 0 Å². The number of nitrogens with one attached hydrogen (secondary N) is 1. The van der Waals surface area contributed by atoms with Crippen LogP contribution in [0.25, 0.3) is 0 Å². The van der Waals surface area contributed by atoms with Gasteiger partial charge in [-0.2, -0.15) is 0 Å². The third kappa shape index (κ3) is 15.2. The lowest BCUT2D eigenvalue weighted by Gasteiger charge is -2.42. The summed E-state index contributed by atoms with van der Waals surface area (Å²) in [4.78, 5) is 27.3. The van der Waals surface area contributed by atoms with Gasteiger partial charge in [-0.05, 0) is 67.2 Å². The molecule has 0 aliphatic rings. The lowest BCUT2D eigenvalue weighted by molar-refractivity contribution is -0.151. The van der Waals surface area contributed by atoms with E-state index in [2.05, 4.69) is 39.2 Å². The van der Waals surface area contributed by atoms with Gasteiger partial charge < -0.3 is 28.1 Å². The number of hydrogen-bond acceptors (Lipinski definition) is 8. The van der Waals surface area contributed by atoms with Crippen LogP contribution >= 0.6 is 0 Å². The van der Waals surface area contributed by atoms with E-state index in [0.29, 0.717) is 6.61 Å². The van der Waals surface area contributed by atoms with Gasteiger partial charge >= 0.3 is 12.1 Å². The lowest BCUT2D eigenvalue weighted by Crippen LogP contribution is -2.52. The molecule has 0 fully saturated rings. The first-order valence-electron chi connectivity index (χ1n) is 19.1. The molecule has 0 aromatic heterocycles. The molecule has 300 valence electrons. The van der Waals surface area contributed by atoms with Gasteiger partial charge in [0.15, 0.2) is 8.32 Å². The number of alkyl carbamates (subject to hydrolysis) is 1. The zero-order chi connectivity index (χ0) is 40.6. The van der Waals surface area contributed by atoms with Gasteiger partial charge in [-0.25, -0.2) is 9.59 Å². The fraction of sp³-hybridized carbons (Fsp3) is 0.391. The molecule has 0 saturated heterocycles. The predicted octanol–water partition coefficient (Wildman–Crippen LogP) is 9.92. The molecule has 4 aromatic rings. The second-order valence-corrected chi connectivity index (χ2v) is 21.0. The summed E-state index contributed by atoms with van der Waals surface area (Å²) in [5, 5.41) is 2.51. The number of hydrogen-bond donors (Lipinski definition) is 1. The van der Waals surface area contributed by atoms with Crippen molar-refractivity contribution in [2.24, 2.45) is 0 Å². The van der Waals surface area contributed by atoms with Crippen molar-refractivity contribution < 1.29 is 37.7 Å². The molecule has 56 heavy (non-hydrogen) atoms. The highest BCUT2D eigenvalue weighted by molar-refractivity contribution is 6.74. The number of ether oxygens (including phenoxy) is 5. The van der Waals surface area contributed by atoms with E-state index in [1.807, 2.05) is 121 Å². The molecule has 0 radical (unpaired) electrons. The minimum absolute atomic E-state index is 0.00615. The van der Waals surface area contributed by atoms with Crippen molar-refractivity contribution in [3.05, 3.63) is 155 Å². The van der Waals surface area contributed by atoms with Gasteiger partial charge in [-0.3, -0.25) is 5.32 Å². The minimum Gasteiger partial charge on any atom is -0.455 e. The van der Waals surface area contributed by atoms with E-state index in [-0.39, 0.29) is 37.2 Å². The van der Waals surface area contributed by atoms with Crippen LogP contribution in [0, 0.1) is 0 Å². The summed E-state index contributed by atoms with van der Waals surface area (Å²) in [6, 6.07) is 38.8. The summed E-state index contributed by atoms with van der Waals surface area (Å²) in [6.07, 6.45) is -1.72. The maximum Gasteiger partial charge on any atom is 0.412 e. The van der Waals surface area contributed by atoms with Crippen molar-refractivity contribution in [1.82, 2.24) is 5.32 Å². The van der Waals surface area contributed by atoms with Gasteiger partial charge in [-0.1, -0.05) is 142 Å². The standard InChI is InChI=1S/C46H59NO8Si/c1-45(2,3)54-43(48)39(47-44(49)53-33-38-27-19-12-20-28-38)29-40(51-31-36-23-15-10-16-24-36)42(52-32-37-25-17-11-18-26-37)41(55-56(7,8)46(4,5)6)34-50-30-35-21-13-9-14-22-35/h9-29,40-42H,30-34H2,1-8H3,(H,47,49)/b39-29-/t40-,41-,42+/m1/s1. The number of esters is 1. The Kier molecular flexibility index (Phi) is 16.6. The smallest absolute Gasteiger partial charge is 0.412 e. The Hall–Kier alpha value is -4.58. The first-order chi connectivity index (χ1) is 26.6. The van der Waals surface area contributed by atoms with E-state index < -0.39 is 44.3 Å². The Morgan fingerprint density at radius 2 is 1.09 bits per heavy atom. The van der Waals surface area contributed by atoms with Crippen molar-refractivity contribution in [3.63, 3.8) is 0 Å². The highest BCUT2D eigenvalue weighted by Crippen LogP contribution is 2.38. The molecule has 9 nitrogen and oxygen atoms in total. The molecule has 3 atom stereocenters. The van der Waals surface area contributed by atoms with Crippen LogP contribution in [-0.4, -0.2) is 50.9 Å². The molecule has 0 aliphatic carbocycles. The second kappa shape index (κ2) is 21.1. The van der Waals surface area contributed by atoms with Crippen molar-refractivity contribution in [2.45, 2.75) is 110 Å². The fourth-order valence-corrected chi connectivity index (χ4v) is 6.64. The normalized spacial score (nSPS) is 14.0. The number of carbonyl (C=O) groups is 2. The van der Waals surface area contributed by atoms with Gasteiger partial charge in [0.2, 0.25) is 0 Å². The van der Waals surface area contributed by atoms with Crippen LogP contribution in [-0.2, 0) is 59.3 Å². The summed E-state index contributed by atoms with van der Waals surface area (Å²) in [5.41, 5.74) is 2.64. The van der Waals surface area contributed by atoms with Gasteiger partial charge in [0.05, 0.1) is 32.5 Å². The van der Waals surface area contributed by atoms with Gasteiger partial charge in [0, 0.05) is 0 Å². The average molecular weight is 782 g/mol. The summed E-state index contributed by atoms with van der Waals surface area (Å²) < 4.78 is 38.5. The van der Waals surface area contributed by atoms with E-state index in [0.717, 1.165) is 22.3 Å². The minimum atomic E-state index is -2.48. The molecule has 0 bridgehead atoms. The number of rotatable bonds is 19. The number of benzene rings is 4. The first kappa shape index (κ1) is 44.1. The first-order valence-corrected chi connectivity index (χ1v) is 22.0. The Morgan fingerprint density at radius 3 is 1.55 bits per heavy atom. The van der Waals surface area contributed by atoms with Crippen molar-refractivity contribution in [2.75, 3.05) is 6.61 Å². The molecule has 0 spiro atoms. The average Bonchev–Trinajstić information content (AvgIpc) is 3.16. The molecule has 1 N–H and O–H groups in total. The van der Waals surface area contributed by atoms with E-state index in [9.17, 15) is 9.59 Å². The molecule has 0 unspecified atom stereocenters. The van der Waals surface area contributed by atoms with Crippen LogP contribution in [0.5, 0.6) is 0 Å². The Bertz CT molecular complexity index is 1790. The molecule has 1 amide bonds. The van der Waals surface area contributed by atoms with Crippen molar-refractivity contribution in [1.29, 1.82) is 0 Å². The molecule has 0 saturated carbocycles. The summed E-state index contributed by atoms with van der Waals surface area (Å²) >= 11 is 0. The molecule has 4 aromatic carbocycles. The van der Waals surface area contributed by atoms with Crippen molar-refractivity contribution in [3.8, 4) is 0 Å². The SMILES string of the molecule is CC(C)(C)OC(=O)/C(=C/[C@@H](OCc1ccccc1)[C@H](OCc1ccccc1)[C@@H](COCc1ccccc1)O[Si](C)(C)C(C)(C)C)NC(=O)OCc1ccccc1. The topological polar surface area (TPSA) is 102 Å². The molecular weight excluding hydrogens is 723 g/mol. The third-order valence-electron chi connectivity index (χ3n) is 9.31. The van der Waals surface area contributed by atoms with Crippen molar-refractivity contribution >= 4 is 20.4 Å². The molecule has 4 rings (SSSR count). The molecule has 0 heterocycles. The molecular formula is C46H59NO8Si. The van der Waals surface area contributed by atoms with Crippen LogP contribution < -0.4 is 5.32 Å². The van der Waals surface area contributed by atoms with Crippen LogP contribution in [0.1, 0.15) is 63.8 Å². The molecule has 10 heteroatoms. The summed E-state index contributed by atoms with van der Waals surface area (Å²) in [5.74, 6) is -0.758. The summed E-state index contributed by atoms with van der Waals surface area (Å²) in [6.45, 7) is 17.1. The highest BCUT2D eigenvalue weighted by atomic mass is 28.4. The zero-order valence-electron chi connectivity index (χ0n) is 34.2. The van der Waals surface area contributed by atoms with Crippen LogP contribution in [0.2, 0.25) is 18.1 Å². The maximum atomic E-state index is 13.9. The van der Waals surface area contributed by atoms with Gasteiger partial charge in [0.25, 0.3) is 0 Å². The number of amides is 1. The predicted molar refractivity (Wildman–Crippen MR) is 222 cm³/mol. The van der Waals surface area contributed by atoms with Crippen LogP contribution in [0.4, 0.5) is 4.79 Å². The van der Waals surface area contributed by atoms with Gasteiger partial charge in [0.1, 0.15) is 30.1 Å². The third-order valence-corrected chi connectivity index (χ3v) is 13.8. The largest absolute Gasteiger partial charge is 0.455 e. The second-order valence-electron chi connectivity index (χ2n) is 16.2. The zero-order valence-corrected chi connectivity index (χ0v) is 35.2. The van der Waals surface area contributed by atoms with Crippen LogP contribution in [0.15, 0.2) is 133 Å². The Balaban J connectivity index is 1.80. The highest BCUT2D eigenvalue weighted by Gasteiger charge is 2.43. The van der Waals surface area contributed by atoms with E-state index in [1.54, 1.807) is 26.8 Å². The number of carbonyl (C=O) groups excluding carboxylic acids is 2. The van der Waals surface area contributed by atoms with E-state index >= 15 is 0 Å². The van der Waals surface area contributed by atoms with E-state index in [4.69, 9.17) is 28.1 Å².